The maximum absolute atomic E-state index is 11.9. The van der Waals surface area contributed by atoms with E-state index in [2.05, 4.69) is 26.2 Å². The summed E-state index contributed by atoms with van der Waals surface area (Å²) in [6, 6.07) is 5.51. The summed E-state index contributed by atoms with van der Waals surface area (Å²) in [6.45, 7) is 3.00. The van der Waals surface area contributed by atoms with Crippen LogP contribution in [0.5, 0.6) is 0 Å². The molecule has 0 saturated carbocycles. The molecule has 7 heteroatoms. The van der Waals surface area contributed by atoms with Crippen molar-refractivity contribution in [1.82, 2.24) is 4.98 Å². The van der Waals surface area contributed by atoms with E-state index in [4.69, 9.17) is 9.47 Å². The summed E-state index contributed by atoms with van der Waals surface area (Å²) in [6.07, 6.45) is 4.69. The van der Waals surface area contributed by atoms with Gasteiger partial charge in [0.1, 0.15) is 0 Å². The van der Waals surface area contributed by atoms with Gasteiger partial charge in [0.05, 0.1) is 0 Å². The van der Waals surface area contributed by atoms with Gasteiger partial charge in [0.2, 0.25) is 0 Å². The Hall–Kier alpha value is -2.41. The van der Waals surface area contributed by atoms with E-state index < -0.39 is 17.7 Å². The summed E-state index contributed by atoms with van der Waals surface area (Å²) in [5, 5.41) is 4.76. The molecular weight excluding hydrogens is 364 g/mol. The number of aromatic nitrogens is 1. The molecule has 1 aliphatic heterocycles. The Bertz CT molecular complexity index is 823. The SMILES string of the molecule is CC1(C)OC(=O)C(=CNc2ccc(Br)c3cnccc23)C(=O)O1. The Balaban J connectivity index is 1.93. The highest BCUT2D eigenvalue weighted by Crippen LogP contribution is 2.30. The number of carbonyl (C=O) groups is 2. The summed E-state index contributed by atoms with van der Waals surface area (Å²) in [5.74, 6) is -2.69. The molecule has 0 unspecified atom stereocenters. The van der Waals surface area contributed by atoms with E-state index in [0.717, 1.165) is 20.9 Å². The molecule has 23 heavy (non-hydrogen) atoms. The fourth-order valence-corrected chi connectivity index (χ4v) is 2.66. The van der Waals surface area contributed by atoms with Crippen LogP contribution in [0.15, 0.2) is 46.8 Å². The third-order valence-electron chi connectivity index (χ3n) is 3.25. The number of anilines is 1. The Kier molecular flexibility index (Phi) is 3.81. The van der Waals surface area contributed by atoms with Crippen LogP contribution >= 0.6 is 15.9 Å². The molecule has 118 valence electrons. The van der Waals surface area contributed by atoms with Crippen molar-refractivity contribution in [2.75, 3.05) is 5.32 Å². The van der Waals surface area contributed by atoms with Crippen molar-refractivity contribution in [2.45, 2.75) is 19.6 Å². The lowest BCUT2D eigenvalue weighted by atomic mass is 10.1. The second kappa shape index (κ2) is 5.66. The van der Waals surface area contributed by atoms with Crippen LogP contribution in [0, 0.1) is 0 Å². The molecule has 1 fully saturated rings. The lowest BCUT2D eigenvalue weighted by Crippen LogP contribution is -2.42. The van der Waals surface area contributed by atoms with Gasteiger partial charge in [-0.2, -0.15) is 0 Å². The van der Waals surface area contributed by atoms with Crippen LogP contribution in [0.1, 0.15) is 13.8 Å². The van der Waals surface area contributed by atoms with E-state index in [1.54, 1.807) is 12.4 Å². The summed E-state index contributed by atoms with van der Waals surface area (Å²) in [4.78, 5) is 27.9. The maximum Gasteiger partial charge on any atom is 0.350 e. The molecule has 0 spiro atoms. The van der Waals surface area contributed by atoms with E-state index in [0.29, 0.717) is 0 Å². The average molecular weight is 377 g/mol. The molecule has 3 rings (SSSR count). The Morgan fingerprint density at radius 3 is 2.52 bits per heavy atom. The van der Waals surface area contributed by atoms with Gasteiger partial charge in [-0.3, -0.25) is 4.98 Å². The quantitative estimate of drug-likeness (QED) is 0.492. The minimum absolute atomic E-state index is 0.186. The number of ether oxygens (including phenoxy) is 2. The summed E-state index contributed by atoms with van der Waals surface area (Å²) < 4.78 is 11.0. The zero-order valence-electron chi connectivity index (χ0n) is 12.4. The largest absolute Gasteiger partial charge is 0.419 e. The predicted molar refractivity (Wildman–Crippen MR) is 87.4 cm³/mol. The predicted octanol–water partition coefficient (Wildman–Crippen LogP) is 3.13. The monoisotopic (exact) mass is 376 g/mol. The number of hydrogen-bond donors (Lipinski definition) is 1. The minimum Gasteiger partial charge on any atom is -0.419 e. The highest BCUT2D eigenvalue weighted by molar-refractivity contribution is 9.10. The van der Waals surface area contributed by atoms with Gasteiger partial charge in [-0.05, 0) is 18.2 Å². The number of benzene rings is 1. The zero-order chi connectivity index (χ0) is 16.6. The molecule has 0 bridgehead atoms. The standard InChI is InChI=1S/C16H13BrN2O4/c1-16(2)22-14(20)11(15(21)23-16)8-19-13-4-3-12(17)10-7-18-6-5-9(10)13/h3-8,19H,1-2H3. The van der Waals surface area contributed by atoms with Crippen LogP contribution < -0.4 is 5.32 Å². The fraction of sp³-hybridized carbons (Fsp3) is 0.188. The molecule has 1 saturated heterocycles. The van der Waals surface area contributed by atoms with Gasteiger partial charge in [0.25, 0.3) is 5.79 Å². The molecule has 1 N–H and O–H groups in total. The van der Waals surface area contributed by atoms with Crippen LogP contribution in [0.2, 0.25) is 0 Å². The number of carbonyl (C=O) groups excluding carboxylic acids is 2. The van der Waals surface area contributed by atoms with Gasteiger partial charge >= 0.3 is 11.9 Å². The maximum atomic E-state index is 11.9. The van der Waals surface area contributed by atoms with Gasteiger partial charge in [-0.1, -0.05) is 15.9 Å². The molecule has 0 amide bonds. The number of halogens is 1. The molecule has 0 aliphatic carbocycles. The lowest BCUT2D eigenvalue weighted by molar-refractivity contribution is -0.222. The number of pyridine rings is 1. The van der Waals surface area contributed by atoms with Gasteiger partial charge in [-0.25, -0.2) is 9.59 Å². The van der Waals surface area contributed by atoms with Crippen molar-refractivity contribution in [1.29, 1.82) is 0 Å². The van der Waals surface area contributed by atoms with E-state index in [1.807, 2.05) is 18.2 Å². The molecule has 0 radical (unpaired) electrons. The number of nitrogens with one attached hydrogen (secondary N) is 1. The van der Waals surface area contributed by atoms with E-state index in [9.17, 15) is 9.59 Å². The van der Waals surface area contributed by atoms with Gasteiger partial charge in [-0.15, -0.1) is 0 Å². The average Bonchev–Trinajstić information content (AvgIpc) is 2.47. The molecule has 1 aromatic heterocycles. The normalized spacial score (nSPS) is 16.7. The number of nitrogens with zero attached hydrogens (tertiary/aromatic N) is 1. The number of rotatable bonds is 2. The van der Waals surface area contributed by atoms with Gasteiger partial charge in [0, 0.05) is 53.4 Å². The van der Waals surface area contributed by atoms with E-state index in [-0.39, 0.29) is 5.57 Å². The number of cyclic esters (lactones) is 2. The first-order chi connectivity index (χ1) is 10.9. The molecule has 1 aliphatic rings. The zero-order valence-corrected chi connectivity index (χ0v) is 14.0. The summed E-state index contributed by atoms with van der Waals surface area (Å²) >= 11 is 3.46. The first-order valence-corrected chi connectivity index (χ1v) is 7.62. The Morgan fingerprint density at radius 2 is 1.83 bits per heavy atom. The van der Waals surface area contributed by atoms with Crippen LogP contribution in [-0.4, -0.2) is 22.7 Å². The van der Waals surface area contributed by atoms with Crippen molar-refractivity contribution in [3.63, 3.8) is 0 Å². The van der Waals surface area contributed by atoms with Gasteiger partial charge in [0.15, 0.2) is 5.57 Å². The molecule has 0 atom stereocenters. The molecular formula is C16H13BrN2O4. The lowest BCUT2D eigenvalue weighted by Gasteiger charge is -2.29. The molecule has 2 aromatic rings. The first-order valence-electron chi connectivity index (χ1n) is 6.83. The topological polar surface area (TPSA) is 77.5 Å². The number of esters is 2. The van der Waals surface area contributed by atoms with Crippen LogP contribution in [0.4, 0.5) is 5.69 Å². The van der Waals surface area contributed by atoms with Crippen molar-refractivity contribution in [2.24, 2.45) is 0 Å². The molecule has 1 aromatic carbocycles. The second-order valence-electron chi connectivity index (χ2n) is 5.40. The smallest absolute Gasteiger partial charge is 0.350 e. The fourth-order valence-electron chi connectivity index (χ4n) is 2.21. The van der Waals surface area contributed by atoms with Crippen molar-refractivity contribution in [3.05, 3.63) is 46.8 Å². The van der Waals surface area contributed by atoms with Crippen molar-refractivity contribution in [3.8, 4) is 0 Å². The molecule has 2 heterocycles. The van der Waals surface area contributed by atoms with Crippen LogP contribution in [0.3, 0.4) is 0 Å². The third kappa shape index (κ3) is 3.05. The van der Waals surface area contributed by atoms with E-state index >= 15 is 0 Å². The first kappa shape index (κ1) is 15.5. The van der Waals surface area contributed by atoms with Crippen molar-refractivity contribution < 1.29 is 19.1 Å². The van der Waals surface area contributed by atoms with Crippen LogP contribution in [0.25, 0.3) is 10.8 Å². The van der Waals surface area contributed by atoms with Crippen molar-refractivity contribution >= 4 is 44.3 Å². The van der Waals surface area contributed by atoms with E-state index in [1.165, 1.54) is 20.0 Å². The number of fused-ring (bicyclic) bond motifs is 1. The summed E-state index contributed by atoms with van der Waals surface area (Å²) in [5.41, 5.74) is 0.540. The summed E-state index contributed by atoms with van der Waals surface area (Å²) in [7, 11) is 0. The molecule has 6 nitrogen and oxygen atoms in total. The Morgan fingerprint density at radius 1 is 1.13 bits per heavy atom. The highest BCUT2D eigenvalue weighted by Gasteiger charge is 2.38. The second-order valence-corrected chi connectivity index (χ2v) is 6.25. The van der Waals surface area contributed by atoms with Crippen LogP contribution in [-0.2, 0) is 19.1 Å². The highest BCUT2D eigenvalue weighted by atomic mass is 79.9. The number of hydrogen-bond acceptors (Lipinski definition) is 6. The third-order valence-corrected chi connectivity index (χ3v) is 3.95. The Labute approximate surface area is 140 Å². The minimum atomic E-state index is -1.25. The van der Waals surface area contributed by atoms with Gasteiger partial charge < -0.3 is 14.8 Å².